The van der Waals surface area contributed by atoms with Gasteiger partial charge in [-0.2, -0.15) is 0 Å². The van der Waals surface area contributed by atoms with Gasteiger partial charge in [-0.1, -0.05) is 18.5 Å². The lowest BCUT2D eigenvalue weighted by atomic mass is 9.99. The number of hydrogen-bond acceptors (Lipinski definition) is 3. The van der Waals surface area contributed by atoms with Crippen molar-refractivity contribution < 1.29 is 5.21 Å². The monoisotopic (exact) mass is 187 g/mol. The number of nitrogens with zero attached hydrogens (tertiary/aromatic N) is 1. The second kappa shape index (κ2) is 5.80. The predicted molar refractivity (Wildman–Crippen MR) is 55.0 cm³/mol. The first kappa shape index (κ1) is 12.2. The molecule has 0 aromatic carbocycles. The van der Waals surface area contributed by atoms with Crippen molar-refractivity contribution in [3.8, 4) is 0 Å². The van der Waals surface area contributed by atoms with Crippen molar-refractivity contribution >= 4 is 5.84 Å². The number of hydrogen-bond donors (Lipinski definition) is 3. The number of rotatable bonds is 6. The number of nitrogens with two attached hydrogens (primary N) is 1. The normalized spacial score (nSPS) is 13.3. The second-order valence-corrected chi connectivity index (χ2v) is 3.90. The average molecular weight is 187 g/mol. The maximum atomic E-state index is 8.30. The Balaban J connectivity index is 3.63. The maximum absolute atomic E-state index is 8.30. The van der Waals surface area contributed by atoms with Gasteiger partial charge < -0.3 is 16.3 Å². The van der Waals surface area contributed by atoms with Crippen LogP contribution in [0.15, 0.2) is 5.16 Å². The van der Waals surface area contributed by atoms with Crippen LogP contribution in [0.4, 0.5) is 0 Å². The maximum Gasteiger partial charge on any atom is 0.140 e. The van der Waals surface area contributed by atoms with Gasteiger partial charge >= 0.3 is 0 Å². The third kappa shape index (κ3) is 6.40. The minimum absolute atomic E-state index is 0.143. The van der Waals surface area contributed by atoms with Crippen LogP contribution in [0.2, 0.25) is 0 Å². The summed E-state index contributed by atoms with van der Waals surface area (Å²) in [4.78, 5) is 0. The Morgan fingerprint density at radius 1 is 1.54 bits per heavy atom. The van der Waals surface area contributed by atoms with E-state index in [9.17, 15) is 0 Å². The summed E-state index contributed by atoms with van der Waals surface area (Å²) in [5.41, 5.74) is 5.48. The standard InChI is InChI=1S/C9H21N3O/c1-4-6-9(2,3)11-7-5-8(10)12-13/h11,13H,4-7H2,1-3H3,(H2,10,12). The van der Waals surface area contributed by atoms with Crippen molar-refractivity contribution in [2.75, 3.05) is 6.54 Å². The Labute approximate surface area is 80.2 Å². The first-order valence-corrected chi connectivity index (χ1v) is 4.73. The molecule has 0 saturated heterocycles. The number of oxime groups is 1. The lowest BCUT2D eigenvalue weighted by molar-refractivity contribution is 0.315. The lowest BCUT2D eigenvalue weighted by Crippen LogP contribution is -2.40. The highest BCUT2D eigenvalue weighted by molar-refractivity contribution is 5.79. The van der Waals surface area contributed by atoms with E-state index in [1.807, 2.05) is 0 Å². The van der Waals surface area contributed by atoms with E-state index in [1.165, 1.54) is 0 Å². The molecule has 4 N–H and O–H groups in total. The largest absolute Gasteiger partial charge is 0.409 e. The first-order valence-electron chi connectivity index (χ1n) is 4.73. The van der Waals surface area contributed by atoms with Crippen LogP contribution in [0.25, 0.3) is 0 Å². The van der Waals surface area contributed by atoms with Gasteiger partial charge in [0.2, 0.25) is 0 Å². The molecular weight excluding hydrogens is 166 g/mol. The molecule has 0 saturated carbocycles. The zero-order chi connectivity index (χ0) is 10.3. The van der Waals surface area contributed by atoms with Crippen LogP contribution in [-0.2, 0) is 0 Å². The summed E-state index contributed by atoms with van der Waals surface area (Å²) in [6.07, 6.45) is 2.87. The Hall–Kier alpha value is -0.770. The summed E-state index contributed by atoms with van der Waals surface area (Å²) in [5.74, 6) is 0.278. The second-order valence-electron chi connectivity index (χ2n) is 3.90. The van der Waals surface area contributed by atoms with Crippen LogP contribution >= 0.6 is 0 Å². The third-order valence-corrected chi connectivity index (χ3v) is 1.99. The molecule has 0 bridgehead atoms. The third-order valence-electron chi connectivity index (χ3n) is 1.99. The van der Waals surface area contributed by atoms with Crippen LogP contribution in [0, 0.1) is 0 Å². The molecule has 4 heteroatoms. The van der Waals surface area contributed by atoms with E-state index in [4.69, 9.17) is 10.9 Å². The number of amidine groups is 1. The van der Waals surface area contributed by atoms with Gasteiger partial charge in [0.05, 0.1) is 0 Å². The van der Waals surface area contributed by atoms with Crippen LogP contribution in [-0.4, -0.2) is 23.1 Å². The van der Waals surface area contributed by atoms with Crippen LogP contribution in [0.5, 0.6) is 0 Å². The van der Waals surface area contributed by atoms with E-state index in [0.717, 1.165) is 19.4 Å². The summed E-state index contributed by atoms with van der Waals surface area (Å²) in [6, 6.07) is 0. The van der Waals surface area contributed by atoms with E-state index in [-0.39, 0.29) is 11.4 Å². The van der Waals surface area contributed by atoms with Crippen LogP contribution < -0.4 is 11.1 Å². The van der Waals surface area contributed by atoms with Gasteiger partial charge in [-0.25, -0.2) is 0 Å². The molecule has 78 valence electrons. The van der Waals surface area contributed by atoms with Crippen molar-refractivity contribution in [1.29, 1.82) is 0 Å². The highest BCUT2D eigenvalue weighted by Gasteiger charge is 2.14. The topological polar surface area (TPSA) is 70.6 Å². The van der Waals surface area contributed by atoms with Gasteiger partial charge in [0.25, 0.3) is 0 Å². The van der Waals surface area contributed by atoms with Gasteiger partial charge in [0.15, 0.2) is 0 Å². The Morgan fingerprint density at radius 3 is 2.62 bits per heavy atom. The van der Waals surface area contributed by atoms with Gasteiger partial charge in [-0.3, -0.25) is 0 Å². The van der Waals surface area contributed by atoms with E-state index < -0.39 is 0 Å². The van der Waals surface area contributed by atoms with Crippen molar-refractivity contribution in [1.82, 2.24) is 5.32 Å². The van der Waals surface area contributed by atoms with Gasteiger partial charge in [0, 0.05) is 18.5 Å². The van der Waals surface area contributed by atoms with Gasteiger partial charge in [0.1, 0.15) is 5.84 Å². The molecule has 0 spiro atoms. The molecular formula is C9H21N3O. The fraction of sp³-hybridized carbons (Fsp3) is 0.889. The minimum atomic E-state index is 0.143. The molecule has 0 rings (SSSR count). The van der Waals surface area contributed by atoms with Crippen molar-refractivity contribution in [2.24, 2.45) is 10.9 Å². The SMILES string of the molecule is CCCC(C)(C)NCCC(N)=NO. The number of nitrogens with one attached hydrogen (secondary N) is 1. The summed E-state index contributed by atoms with van der Waals surface area (Å²) in [7, 11) is 0. The molecule has 0 aliphatic rings. The Bertz CT molecular complexity index is 166. The minimum Gasteiger partial charge on any atom is -0.409 e. The summed E-state index contributed by atoms with van der Waals surface area (Å²) in [6.45, 7) is 7.22. The molecule has 0 fully saturated rings. The summed E-state index contributed by atoms with van der Waals surface area (Å²) >= 11 is 0. The van der Waals surface area contributed by atoms with Crippen LogP contribution in [0.1, 0.15) is 40.0 Å². The van der Waals surface area contributed by atoms with Crippen molar-refractivity contribution in [3.05, 3.63) is 0 Å². The Morgan fingerprint density at radius 2 is 2.15 bits per heavy atom. The molecule has 0 aromatic rings. The van der Waals surface area contributed by atoms with E-state index in [2.05, 4.69) is 31.2 Å². The molecule has 0 aliphatic carbocycles. The van der Waals surface area contributed by atoms with Gasteiger partial charge in [-0.15, -0.1) is 0 Å². The zero-order valence-corrected chi connectivity index (χ0v) is 8.80. The lowest BCUT2D eigenvalue weighted by Gasteiger charge is -2.25. The summed E-state index contributed by atoms with van der Waals surface area (Å²) in [5, 5.41) is 14.6. The van der Waals surface area contributed by atoms with E-state index in [1.54, 1.807) is 0 Å². The first-order chi connectivity index (χ1) is 6.02. The Kier molecular flexibility index (Phi) is 5.46. The molecule has 4 nitrogen and oxygen atoms in total. The predicted octanol–water partition coefficient (Wildman–Crippen LogP) is 1.29. The molecule has 0 unspecified atom stereocenters. The fourth-order valence-electron chi connectivity index (χ4n) is 1.29. The molecule has 13 heavy (non-hydrogen) atoms. The quantitative estimate of drug-likeness (QED) is 0.254. The fourth-order valence-corrected chi connectivity index (χ4v) is 1.29. The smallest absolute Gasteiger partial charge is 0.140 e. The highest BCUT2D eigenvalue weighted by atomic mass is 16.4. The molecule has 0 aromatic heterocycles. The molecule has 0 atom stereocenters. The molecule has 0 heterocycles. The van der Waals surface area contributed by atoms with Crippen molar-refractivity contribution in [3.63, 3.8) is 0 Å². The summed E-state index contributed by atoms with van der Waals surface area (Å²) < 4.78 is 0. The van der Waals surface area contributed by atoms with Gasteiger partial charge in [-0.05, 0) is 20.3 Å². The molecule has 0 amide bonds. The van der Waals surface area contributed by atoms with Crippen LogP contribution in [0.3, 0.4) is 0 Å². The van der Waals surface area contributed by atoms with E-state index >= 15 is 0 Å². The molecule has 0 radical (unpaired) electrons. The average Bonchev–Trinajstić information content (AvgIpc) is 2.03. The van der Waals surface area contributed by atoms with Crippen molar-refractivity contribution in [2.45, 2.75) is 45.6 Å². The highest BCUT2D eigenvalue weighted by Crippen LogP contribution is 2.09. The molecule has 0 aliphatic heterocycles. The zero-order valence-electron chi connectivity index (χ0n) is 8.80. The van der Waals surface area contributed by atoms with E-state index in [0.29, 0.717) is 6.42 Å².